The van der Waals surface area contributed by atoms with Gasteiger partial charge in [0, 0.05) is 63.9 Å². The van der Waals surface area contributed by atoms with E-state index in [0.717, 1.165) is 44.3 Å². The van der Waals surface area contributed by atoms with Crippen LogP contribution in [0, 0.1) is 24.4 Å². The second kappa shape index (κ2) is 8.33. The van der Waals surface area contributed by atoms with Crippen LogP contribution >= 0.6 is 0 Å². The number of rotatable bonds is 4. The SMILES string of the molecule is Cc1c(CNC(=O)c2ccc3c(c2)c2oc3c3ccc(-c4ccc(F)cc4F)cc32)c(F)cc2c1CNC2. The van der Waals surface area contributed by atoms with Crippen molar-refractivity contribution in [2.45, 2.75) is 26.6 Å². The minimum Gasteiger partial charge on any atom is -0.455 e. The van der Waals surface area contributed by atoms with E-state index in [2.05, 4.69) is 10.6 Å². The highest BCUT2D eigenvalue weighted by Crippen LogP contribution is 2.42. The lowest BCUT2D eigenvalue weighted by Crippen LogP contribution is -2.24. The van der Waals surface area contributed by atoms with E-state index >= 15 is 0 Å². The predicted octanol–water partition coefficient (Wildman–Crippen LogP) is 7.10. The van der Waals surface area contributed by atoms with E-state index in [1.807, 2.05) is 25.1 Å². The van der Waals surface area contributed by atoms with Crippen LogP contribution < -0.4 is 10.6 Å². The van der Waals surface area contributed by atoms with Crippen molar-refractivity contribution in [2.75, 3.05) is 0 Å². The first-order valence-corrected chi connectivity index (χ1v) is 12.3. The van der Waals surface area contributed by atoms with Gasteiger partial charge in [0.15, 0.2) is 0 Å². The second-order valence-electron chi connectivity index (χ2n) is 9.79. The largest absolute Gasteiger partial charge is 0.455 e. The summed E-state index contributed by atoms with van der Waals surface area (Å²) < 4.78 is 48.6. The average Bonchev–Trinajstić information content (AvgIpc) is 3.62. The summed E-state index contributed by atoms with van der Waals surface area (Å²) in [5.74, 6) is -1.91. The van der Waals surface area contributed by atoms with Gasteiger partial charge in [0.2, 0.25) is 0 Å². The van der Waals surface area contributed by atoms with Gasteiger partial charge < -0.3 is 15.1 Å². The highest BCUT2D eigenvalue weighted by molar-refractivity contribution is 6.26. The van der Waals surface area contributed by atoms with Gasteiger partial charge in [-0.25, -0.2) is 13.2 Å². The number of hydrogen-bond acceptors (Lipinski definition) is 3. The standard InChI is InChI=1S/C31H21F3N2O2/c1-15-25-13-35-12-18(25)10-27(33)26(15)14-36-31(37)17-3-6-22-24(9-17)30-23-8-16(2-5-21(23)29(22)38-30)20-7-4-19(32)11-28(20)34/h2-11,35H,12-14H2,1H3,(H,36,37). The van der Waals surface area contributed by atoms with Crippen LogP contribution in [0.3, 0.4) is 0 Å². The molecule has 0 radical (unpaired) electrons. The molecule has 4 aromatic carbocycles. The molecular formula is C31H21F3N2O2. The van der Waals surface area contributed by atoms with Gasteiger partial charge >= 0.3 is 0 Å². The lowest BCUT2D eigenvalue weighted by atomic mass is 9.97. The van der Waals surface area contributed by atoms with Gasteiger partial charge in [-0.15, -0.1) is 0 Å². The topological polar surface area (TPSA) is 54.3 Å². The van der Waals surface area contributed by atoms with Crippen molar-refractivity contribution in [3.63, 3.8) is 0 Å². The lowest BCUT2D eigenvalue weighted by Gasteiger charge is -2.13. The van der Waals surface area contributed by atoms with Gasteiger partial charge in [-0.05, 0) is 77.7 Å². The molecule has 0 spiro atoms. The first-order chi connectivity index (χ1) is 18.4. The third-order valence-electron chi connectivity index (χ3n) is 7.65. The van der Waals surface area contributed by atoms with Crippen molar-refractivity contribution in [1.82, 2.24) is 10.6 Å². The lowest BCUT2D eigenvalue weighted by molar-refractivity contribution is 0.0950. The van der Waals surface area contributed by atoms with Crippen molar-refractivity contribution >= 4 is 38.6 Å². The minimum absolute atomic E-state index is 0.0841. The summed E-state index contributed by atoms with van der Waals surface area (Å²) in [6, 6.07) is 15.8. The summed E-state index contributed by atoms with van der Waals surface area (Å²) in [6.45, 7) is 3.32. The Labute approximate surface area is 215 Å². The Morgan fingerprint density at radius 2 is 1.63 bits per heavy atom. The Morgan fingerprint density at radius 3 is 2.45 bits per heavy atom. The molecule has 3 heterocycles. The highest BCUT2D eigenvalue weighted by Gasteiger charge is 2.22. The minimum atomic E-state index is -0.641. The van der Waals surface area contributed by atoms with Crippen LogP contribution in [0.1, 0.15) is 32.6 Å². The number of furan rings is 2. The second-order valence-corrected chi connectivity index (χ2v) is 9.79. The van der Waals surface area contributed by atoms with E-state index in [-0.39, 0.29) is 18.3 Å². The van der Waals surface area contributed by atoms with Crippen LogP contribution in [0.15, 0.2) is 65.1 Å². The molecule has 2 N–H and O–H groups in total. The van der Waals surface area contributed by atoms with Crippen molar-refractivity contribution in [3.05, 3.63) is 106 Å². The molecule has 1 aliphatic heterocycles. The third kappa shape index (κ3) is 3.39. The molecule has 0 aliphatic carbocycles. The molecule has 0 fully saturated rings. The Kier molecular flexibility index (Phi) is 5.00. The summed E-state index contributed by atoms with van der Waals surface area (Å²) >= 11 is 0. The number of carbonyl (C=O) groups excluding carboxylic acids is 1. The molecule has 2 bridgehead atoms. The molecule has 0 saturated carbocycles. The first kappa shape index (κ1) is 22.8. The summed E-state index contributed by atoms with van der Waals surface area (Å²) in [5.41, 5.74) is 6.01. The molecule has 0 unspecified atom stereocenters. The molecule has 1 amide bonds. The maximum absolute atomic E-state index is 14.7. The third-order valence-corrected chi connectivity index (χ3v) is 7.65. The zero-order valence-electron chi connectivity index (χ0n) is 20.3. The van der Waals surface area contributed by atoms with Gasteiger partial charge in [0.25, 0.3) is 5.91 Å². The van der Waals surface area contributed by atoms with E-state index in [1.54, 1.807) is 24.3 Å². The van der Waals surface area contributed by atoms with Crippen LogP contribution in [0.5, 0.6) is 0 Å². The summed E-state index contributed by atoms with van der Waals surface area (Å²) in [6.07, 6.45) is 0. The molecular weight excluding hydrogens is 489 g/mol. The van der Waals surface area contributed by atoms with E-state index in [4.69, 9.17) is 4.42 Å². The van der Waals surface area contributed by atoms with Gasteiger partial charge in [0.1, 0.15) is 28.6 Å². The number of carbonyl (C=O) groups is 1. The van der Waals surface area contributed by atoms with E-state index < -0.39 is 11.6 Å². The fraction of sp³-hybridized carbons (Fsp3) is 0.129. The van der Waals surface area contributed by atoms with E-state index in [0.29, 0.717) is 46.5 Å². The van der Waals surface area contributed by atoms with Gasteiger partial charge in [-0.1, -0.05) is 6.07 Å². The maximum atomic E-state index is 14.7. The van der Waals surface area contributed by atoms with E-state index in [9.17, 15) is 18.0 Å². The average molecular weight is 511 g/mol. The van der Waals surface area contributed by atoms with E-state index in [1.165, 1.54) is 12.1 Å². The number of halogens is 3. The van der Waals surface area contributed by atoms with Gasteiger partial charge in [0.05, 0.1) is 0 Å². The van der Waals surface area contributed by atoms with Gasteiger partial charge in [-0.3, -0.25) is 4.79 Å². The van der Waals surface area contributed by atoms with Crippen LogP contribution in [0.4, 0.5) is 13.2 Å². The van der Waals surface area contributed by atoms with Crippen LogP contribution in [-0.2, 0) is 19.6 Å². The molecule has 38 heavy (non-hydrogen) atoms. The predicted molar refractivity (Wildman–Crippen MR) is 141 cm³/mol. The normalized spacial score (nSPS) is 13.2. The molecule has 7 heteroatoms. The summed E-state index contributed by atoms with van der Waals surface area (Å²) in [4.78, 5) is 13.1. The van der Waals surface area contributed by atoms with Crippen LogP contribution in [-0.4, -0.2) is 5.91 Å². The first-order valence-electron chi connectivity index (χ1n) is 12.3. The van der Waals surface area contributed by atoms with Crippen LogP contribution in [0.25, 0.3) is 43.8 Å². The molecule has 0 saturated heterocycles. The van der Waals surface area contributed by atoms with Crippen LogP contribution in [0.2, 0.25) is 0 Å². The molecule has 2 aromatic heterocycles. The molecule has 1 aliphatic rings. The molecule has 188 valence electrons. The fourth-order valence-corrected chi connectivity index (χ4v) is 5.65. The summed E-state index contributed by atoms with van der Waals surface area (Å²) in [7, 11) is 0. The van der Waals surface area contributed by atoms with Crippen molar-refractivity contribution in [1.29, 1.82) is 0 Å². The highest BCUT2D eigenvalue weighted by atomic mass is 19.1. The number of nitrogens with one attached hydrogen (secondary N) is 2. The number of benzene rings is 5. The molecule has 4 nitrogen and oxygen atoms in total. The van der Waals surface area contributed by atoms with Crippen molar-refractivity contribution in [2.24, 2.45) is 0 Å². The summed E-state index contributed by atoms with van der Waals surface area (Å²) in [5, 5.41) is 9.40. The Bertz CT molecular complexity index is 1920. The Balaban J connectivity index is 1.22. The maximum Gasteiger partial charge on any atom is 0.251 e. The van der Waals surface area contributed by atoms with Crippen molar-refractivity contribution < 1.29 is 22.4 Å². The molecule has 7 rings (SSSR count). The number of hydrogen-bond donors (Lipinski definition) is 2. The zero-order chi connectivity index (χ0) is 26.1. The zero-order valence-corrected chi connectivity index (χ0v) is 20.3. The number of amides is 1. The number of fused-ring (bicyclic) bond motifs is 9. The quantitative estimate of drug-likeness (QED) is 0.249. The molecule has 6 aromatic rings. The fourth-order valence-electron chi connectivity index (χ4n) is 5.65. The Hall–Kier alpha value is -4.36. The van der Waals surface area contributed by atoms with Gasteiger partial charge in [-0.2, -0.15) is 0 Å². The molecule has 0 atom stereocenters. The monoisotopic (exact) mass is 510 g/mol. The smallest absolute Gasteiger partial charge is 0.251 e. The Morgan fingerprint density at radius 1 is 0.868 bits per heavy atom. The van der Waals surface area contributed by atoms with Crippen molar-refractivity contribution in [3.8, 4) is 11.1 Å².